The van der Waals surface area contributed by atoms with E-state index in [1.807, 2.05) is 25.1 Å². The van der Waals surface area contributed by atoms with Crippen molar-refractivity contribution >= 4 is 28.4 Å². The Hall–Kier alpha value is -1.94. The van der Waals surface area contributed by atoms with Gasteiger partial charge in [-0.3, -0.25) is 0 Å². The maximum absolute atomic E-state index is 6.14. The van der Waals surface area contributed by atoms with Crippen molar-refractivity contribution in [1.82, 2.24) is 10.1 Å². The molecular formula is C12H10ClN3O. The number of aryl methyl sites for hydroxylation is 1. The molecule has 0 spiro atoms. The second-order valence-electron chi connectivity index (χ2n) is 3.90. The molecule has 0 atom stereocenters. The zero-order chi connectivity index (χ0) is 12.0. The second kappa shape index (κ2) is 3.53. The molecule has 3 N–H and O–H groups in total. The van der Waals surface area contributed by atoms with Gasteiger partial charge in [-0.1, -0.05) is 28.9 Å². The molecule has 0 fully saturated rings. The largest absolute Gasteiger partial charge is 0.368 e. The molecule has 2 heterocycles. The summed E-state index contributed by atoms with van der Waals surface area (Å²) in [5, 5.41) is 5.64. The third-order valence-corrected chi connectivity index (χ3v) is 3.07. The van der Waals surface area contributed by atoms with Gasteiger partial charge in [0.25, 0.3) is 0 Å². The molecule has 2 aromatic heterocycles. The van der Waals surface area contributed by atoms with Crippen LogP contribution in [0, 0.1) is 6.92 Å². The van der Waals surface area contributed by atoms with E-state index in [2.05, 4.69) is 10.1 Å². The Morgan fingerprint density at radius 3 is 2.94 bits per heavy atom. The average Bonchev–Trinajstić information content (AvgIpc) is 2.82. The highest BCUT2D eigenvalue weighted by atomic mass is 35.5. The second-order valence-corrected chi connectivity index (χ2v) is 4.31. The highest BCUT2D eigenvalue weighted by Gasteiger charge is 2.15. The molecule has 0 saturated heterocycles. The fourth-order valence-corrected chi connectivity index (χ4v) is 2.27. The van der Waals surface area contributed by atoms with E-state index in [0.29, 0.717) is 16.6 Å². The molecule has 0 radical (unpaired) electrons. The first kappa shape index (κ1) is 10.2. The van der Waals surface area contributed by atoms with E-state index >= 15 is 0 Å². The number of hydrogen-bond acceptors (Lipinski definition) is 3. The van der Waals surface area contributed by atoms with Crippen molar-refractivity contribution in [2.24, 2.45) is 0 Å². The molecule has 3 rings (SSSR count). The number of aromatic amines is 1. The van der Waals surface area contributed by atoms with Crippen LogP contribution in [-0.2, 0) is 0 Å². The fourth-order valence-electron chi connectivity index (χ4n) is 2.05. The lowest BCUT2D eigenvalue weighted by Crippen LogP contribution is -1.79. The number of benzene rings is 1. The van der Waals surface area contributed by atoms with Crippen LogP contribution >= 0.6 is 11.6 Å². The summed E-state index contributed by atoms with van der Waals surface area (Å²) in [5.74, 6) is 0.302. The molecule has 17 heavy (non-hydrogen) atoms. The van der Waals surface area contributed by atoms with Gasteiger partial charge >= 0.3 is 0 Å². The van der Waals surface area contributed by atoms with Gasteiger partial charge < -0.3 is 15.2 Å². The van der Waals surface area contributed by atoms with E-state index in [1.165, 1.54) is 0 Å². The number of nitrogens with two attached hydrogens (primary N) is 1. The Morgan fingerprint density at radius 1 is 1.41 bits per heavy atom. The summed E-state index contributed by atoms with van der Waals surface area (Å²) in [6, 6.07) is 7.45. The first-order valence-corrected chi connectivity index (χ1v) is 5.54. The SMILES string of the molecule is Cc1[nH]c2c(Cl)cccc2c1-c1cc(N)on1. The summed E-state index contributed by atoms with van der Waals surface area (Å²) in [5.41, 5.74) is 9.13. The topological polar surface area (TPSA) is 67.8 Å². The summed E-state index contributed by atoms with van der Waals surface area (Å²) in [6.45, 7) is 1.97. The van der Waals surface area contributed by atoms with E-state index in [9.17, 15) is 0 Å². The average molecular weight is 248 g/mol. The van der Waals surface area contributed by atoms with Gasteiger partial charge in [0.1, 0.15) is 5.69 Å². The summed E-state index contributed by atoms with van der Waals surface area (Å²) in [4.78, 5) is 3.25. The molecule has 5 heteroatoms. The normalized spacial score (nSPS) is 11.2. The smallest absolute Gasteiger partial charge is 0.222 e. The van der Waals surface area contributed by atoms with E-state index in [4.69, 9.17) is 21.9 Å². The van der Waals surface area contributed by atoms with Crippen molar-refractivity contribution in [2.75, 3.05) is 5.73 Å². The number of halogens is 1. The number of fused-ring (bicyclic) bond motifs is 1. The van der Waals surface area contributed by atoms with Crippen molar-refractivity contribution in [3.05, 3.63) is 35.0 Å². The van der Waals surface area contributed by atoms with Crippen LogP contribution in [0.15, 0.2) is 28.8 Å². The van der Waals surface area contributed by atoms with E-state index in [0.717, 1.165) is 22.2 Å². The Balaban J connectivity index is 2.36. The summed E-state index contributed by atoms with van der Waals surface area (Å²) in [7, 11) is 0. The van der Waals surface area contributed by atoms with Gasteiger partial charge in [0.2, 0.25) is 5.88 Å². The fraction of sp³-hybridized carbons (Fsp3) is 0.0833. The van der Waals surface area contributed by atoms with Gasteiger partial charge in [-0.2, -0.15) is 0 Å². The number of aromatic nitrogens is 2. The van der Waals surface area contributed by atoms with Gasteiger partial charge in [-0.25, -0.2) is 0 Å². The summed E-state index contributed by atoms with van der Waals surface area (Å²) >= 11 is 6.14. The first-order chi connectivity index (χ1) is 8.16. The Bertz CT molecular complexity index is 699. The zero-order valence-electron chi connectivity index (χ0n) is 9.12. The van der Waals surface area contributed by atoms with Crippen molar-refractivity contribution in [3.8, 4) is 11.3 Å². The van der Waals surface area contributed by atoms with Gasteiger partial charge in [-0.05, 0) is 13.0 Å². The number of H-pyrrole nitrogens is 1. The van der Waals surface area contributed by atoms with Gasteiger partial charge in [0.15, 0.2) is 0 Å². The number of nitrogen functional groups attached to an aromatic ring is 1. The Kier molecular flexibility index (Phi) is 2.12. The number of anilines is 1. The van der Waals surface area contributed by atoms with Gasteiger partial charge in [0, 0.05) is 22.7 Å². The molecule has 0 saturated carbocycles. The molecule has 0 bridgehead atoms. The molecular weight excluding hydrogens is 238 g/mol. The molecule has 4 nitrogen and oxygen atoms in total. The first-order valence-electron chi connectivity index (χ1n) is 5.16. The third kappa shape index (κ3) is 1.49. The Labute approximate surface area is 102 Å². The van der Waals surface area contributed by atoms with Crippen LogP contribution in [0.2, 0.25) is 5.02 Å². The minimum absolute atomic E-state index is 0.302. The molecule has 0 amide bonds. The molecule has 0 aliphatic rings. The lowest BCUT2D eigenvalue weighted by Gasteiger charge is -1.95. The van der Waals surface area contributed by atoms with Crippen LogP contribution < -0.4 is 5.73 Å². The minimum atomic E-state index is 0.302. The monoisotopic (exact) mass is 247 g/mol. The third-order valence-electron chi connectivity index (χ3n) is 2.75. The number of hydrogen-bond donors (Lipinski definition) is 2. The van der Waals surface area contributed by atoms with Crippen LogP contribution in [-0.4, -0.2) is 10.1 Å². The molecule has 0 aliphatic carbocycles. The van der Waals surface area contributed by atoms with E-state index in [-0.39, 0.29) is 0 Å². The van der Waals surface area contributed by atoms with Crippen molar-refractivity contribution in [3.63, 3.8) is 0 Å². The van der Waals surface area contributed by atoms with Crippen LogP contribution in [0.4, 0.5) is 5.88 Å². The predicted molar refractivity (Wildman–Crippen MR) is 68.0 cm³/mol. The maximum atomic E-state index is 6.14. The quantitative estimate of drug-likeness (QED) is 0.693. The van der Waals surface area contributed by atoms with Crippen molar-refractivity contribution < 1.29 is 4.52 Å². The van der Waals surface area contributed by atoms with Crippen LogP contribution in [0.1, 0.15) is 5.69 Å². The van der Waals surface area contributed by atoms with Crippen LogP contribution in [0.25, 0.3) is 22.2 Å². The molecule has 1 aromatic carbocycles. The summed E-state index contributed by atoms with van der Waals surface area (Å²) < 4.78 is 4.90. The van der Waals surface area contributed by atoms with Gasteiger partial charge in [0.05, 0.1) is 10.5 Å². The van der Waals surface area contributed by atoms with E-state index in [1.54, 1.807) is 6.07 Å². The molecule has 3 aromatic rings. The molecule has 0 aliphatic heterocycles. The highest BCUT2D eigenvalue weighted by molar-refractivity contribution is 6.35. The zero-order valence-corrected chi connectivity index (χ0v) is 9.88. The highest BCUT2D eigenvalue weighted by Crippen LogP contribution is 2.34. The lowest BCUT2D eigenvalue weighted by molar-refractivity contribution is 0.439. The Morgan fingerprint density at radius 2 is 2.24 bits per heavy atom. The van der Waals surface area contributed by atoms with E-state index < -0.39 is 0 Å². The number of nitrogens with zero attached hydrogens (tertiary/aromatic N) is 1. The van der Waals surface area contributed by atoms with Crippen molar-refractivity contribution in [2.45, 2.75) is 6.92 Å². The van der Waals surface area contributed by atoms with Crippen LogP contribution in [0.5, 0.6) is 0 Å². The number of nitrogens with one attached hydrogen (secondary N) is 1. The number of rotatable bonds is 1. The lowest BCUT2D eigenvalue weighted by atomic mass is 10.1. The maximum Gasteiger partial charge on any atom is 0.222 e. The van der Waals surface area contributed by atoms with Crippen molar-refractivity contribution in [1.29, 1.82) is 0 Å². The number of para-hydroxylation sites is 1. The molecule has 0 unspecified atom stereocenters. The standard InChI is InChI=1S/C12H10ClN3O/c1-6-11(9-5-10(14)17-16-9)7-3-2-4-8(13)12(7)15-6/h2-5,15H,14H2,1H3. The molecule has 86 valence electrons. The van der Waals surface area contributed by atoms with Gasteiger partial charge in [-0.15, -0.1) is 0 Å². The van der Waals surface area contributed by atoms with Crippen LogP contribution in [0.3, 0.4) is 0 Å². The summed E-state index contributed by atoms with van der Waals surface area (Å²) in [6.07, 6.45) is 0. The minimum Gasteiger partial charge on any atom is -0.368 e. The predicted octanol–water partition coefficient (Wildman–Crippen LogP) is 3.37.